The molecule has 2 radical (unpaired) electrons. The van der Waals surface area contributed by atoms with Crippen molar-refractivity contribution in [1.29, 1.82) is 0 Å². The van der Waals surface area contributed by atoms with Crippen molar-refractivity contribution in [3.8, 4) is 0 Å². The van der Waals surface area contributed by atoms with Gasteiger partial charge in [0.2, 0.25) is 0 Å². The molecule has 0 aromatic heterocycles. The molecule has 14 heavy (non-hydrogen) atoms. The Morgan fingerprint density at radius 2 is 0.929 bits per heavy atom. The fraction of sp³-hybridized carbons (Fsp3) is 0.929. The molecule has 0 aliphatic heterocycles. The minimum absolute atomic E-state index is 0.872. The van der Waals surface area contributed by atoms with Gasteiger partial charge in [0.05, 0.1) is 0 Å². The van der Waals surface area contributed by atoms with Crippen LogP contribution < -0.4 is 0 Å². The maximum Gasteiger partial charge on any atom is -0.0352 e. The van der Waals surface area contributed by atoms with Crippen molar-refractivity contribution in [1.82, 2.24) is 0 Å². The Morgan fingerprint density at radius 1 is 0.571 bits per heavy atom. The maximum atomic E-state index is 5.44. The van der Waals surface area contributed by atoms with Crippen LogP contribution in [0.25, 0.3) is 0 Å². The Kier molecular flexibility index (Phi) is 13.0. The van der Waals surface area contributed by atoms with E-state index in [0.717, 1.165) is 6.42 Å². The van der Waals surface area contributed by atoms with E-state index in [2.05, 4.69) is 6.92 Å². The van der Waals surface area contributed by atoms with Gasteiger partial charge in [-0.1, -0.05) is 77.6 Å². The van der Waals surface area contributed by atoms with Gasteiger partial charge in [0.1, 0.15) is 0 Å². The monoisotopic (exact) mass is 196 g/mol. The molecule has 0 aromatic carbocycles. The van der Waals surface area contributed by atoms with Gasteiger partial charge in [0.15, 0.2) is 0 Å². The van der Waals surface area contributed by atoms with Crippen LogP contribution in [0.2, 0.25) is 0 Å². The lowest BCUT2D eigenvalue weighted by molar-refractivity contribution is 0.550. The van der Waals surface area contributed by atoms with Crippen molar-refractivity contribution in [3.63, 3.8) is 0 Å². The molecule has 0 nitrogen and oxygen atoms in total. The van der Waals surface area contributed by atoms with Crippen LogP contribution >= 0.6 is 0 Å². The molecule has 84 valence electrons. The van der Waals surface area contributed by atoms with E-state index >= 15 is 0 Å². The summed E-state index contributed by atoms with van der Waals surface area (Å²) >= 11 is 0. The molecule has 0 atom stereocenters. The fourth-order valence-corrected chi connectivity index (χ4v) is 1.81. The van der Waals surface area contributed by atoms with Crippen LogP contribution in [0.1, 0.15) is 84.0 Å². The predicted molar refractivity (Wildman–Crippen MR) is 65.4 cm³/mol. The van der Waals surface area contributed by atoms with E-state index in [9.17, 15) is 0 Å². The van der Waals surface area contributed by atoms with Gasteiger partial charge in [-0.2, -0.15) is 0 Å². The summed E-state index contributed by atoms with van der Waals surface area (Å²) in [7, 11) is 0. The van der Waals surface area contributed by atoms with E-state index in [0.29, 0.717) is 0 Å². The molecule has 0 amide bonds. The Labute approximate surface area is 91.5 Å². The highest BCUT2D eigenvalue weighted by Crippen LogP contribution is 2.11. The first-order chi connectivity index (χ1) is 6.91. The van der Waals surface area contributed by atoms with Crippen molar-refractivity contribution in [2.45, 2.75) is 84.0 Å². The standard InChI is InChI=1S/C14H28/c1-3-5-7-9-11-13-14-12-10-8-6-4-2/h1H,3-14H2,2H3. The number of rotatable bonds is 11. The lowest BCUT2D eigenvalue weighted by atomic mass is 10.1. The van der Waals surface area contributed by atoms with Crippen LogP contribution in [0.15, 0.2) is 0 Å². The maximum absolute atomic E-state index is 5.44. The highest BCUT2D eigenvalue weighted by molar-refractivity contribution is 4.48. The van der Waals surface area contributed by atoms with E-state index in [-0.39, 0.29) is 0 Å². The van der Waals surface area contributed by atoms with Crippen molar-refractivity contribution in [2.24, 2.45) is 0 Å². The number of hydrogen-bond acceptors (Lipinski definition) is 0. The van der Waals surface area contributed by atoms with E-state index in [4.69, 9.17) is 6.92 Å². The van der Waals surface area contributed by atoms with E-state index in [1.54, 1.807) is 0 Å². The van der Waals surface area contributed by atoms with E-state index in [1.165, 1.54) is 70.6 Å². The Balaban J connectivity index is 2.78. The van der Waals surface area contributed by atoms with Crippen molar-refractivity contribution in [2.75, 3.05) is 0 Å². The van der Waals surface area contributed by atoms with Crippen LogP contribution in [-0.4, -0.2) is 0 Å². The summed E-state index contributed by atoms with van der Waals surface area (Å²) < 4.78 is 0. The number of hydrogen-bond donors (Lipinski definition) is 0. The zero-order valence-corrected chi connectivity index (χ0v) is 10.1. The summed E-state index contributed by atoms with van der Waals surface area (Å²) in [6.07, 6.45) is 16.3. The minimum atomic E-state index is 0.872. The average molecular weight is 196 g/mol. The third kappa shape index (κ3) is 12.0. The Morgan fingerprint density at radius 3 is 1.29 bits per heavy atom. The van der Waals surface area contributed by atoms with Crippen LogP contribution in [-0.2, 0) is 0 Å². The second-order valence-electron chi connectivity index (χ2n) is 4.32. The molecular formula is C14H28. The molecule has 0 aromatic rings. The second kappa shape index (κ2) is 13.0. The van der Waals surface area contributed by atoms with Gasteiger partial charge in [-0.3, -0.25) is 0 Å². The van der Waals surface area contributed by atoms with Crippen molar-refractivity contribution < 1.29 is 0 Å². The molecule has 0 aliphatic rings. The lowest BCUT2D eigenvalue weighted by Crippen LogP contribution is -1.81. The van der Waals surface area contributed by atoms with Gasteiger partial charge in [-0.15, -0.1) is 0 Å². The lowest BCUT2D eigenvalue weighted by Gasteiger charge is -2.01. The third-order valence-corrected chi connectivity index (χ3v) is 2.81. The first kappa shape index (κ1) is 14.0. The highest BCUT2D eigenvalue weighted by atomic mass is 14.0. The summed E-state index contributed by atoms with van der Waals surface area (Å²) in [4.78, 5) is 0. The second-order valence-corrected chi connectivity index (χ2v) is 4.32. The molecule has 0 spiro atoms. The summed E-state index contributed by atoms with van der Waals surface area (Å²) in [5, 5.41) is 0. The van der Waals surface area contributed by atoms with Crippen LogP contribution in [0.4, 0.5) is 0 Å². The third-order valence-electron chi connectivity index (χ3n) is 2.81. The SMILES string of the molecule is [CH]CCCCCCCCCCCCC. The largest absolute Gasteiger partial charge is 0.0654 e. The molecule has 0 N–H and O–H groups in total. The predicted octanol–water partition coefficient (Wildman–Crippen LogP) is 5.40. The van der Waals surface area contributed by atoms with Gasteiger partial charge < -0.3 is 0 Å². The van der Waals surface area contributed by atoms with Crippen LogP contribution in [0, 0.1) is 6.92 Å². The van der Waals surface area contributed by atoms with E-state index in [1.807, 2.05) is 0 Å². The zero-order chi connectivity index (χ0) is 10.5. The van der Waals surface area contributed by atoms with Crippen LogP contribution in [0.3, 0.4) is 0 Å². The molecule has 0 bridgehead atoms. The van der Waals surface area contributed by atoms with Gasteiger partial charge in [-0.05, 0) is 13.3 Å². The van der Waals surface area contributed by atoms with Gasteiger partial charge in [0, 0.05) is 0 Å². The minimum Gasteiger partial charge on any atom is -0.0654 e. The molecule has 0 fully saturated rings. The topological polar surface area (TPSA) is 0 Å². The molecule has 0 saturated carbocycles. The molecule has 0 heterocycles. The summed E-state index contributed by atoms with van der Waals surface area (Å²) in [6.45, 7) is 7.71. The Hall–Kier alpha value is 0. The molecule has 0 heteroatoms. The summed E-state index contributed by atoms with van der Waals surface area (Å²) in [5.74, 6) is 0. The normalized spacial score (nSPS) is 10.7. The zero-order valence-electron chi connectivity index (χ0n) is 10.1. The highest BCUT2D eigenvalue weighted by Gasteiger charge is 1.91. The quantitative estimate of drug-likeness (QED) is 0.388. The summed E-state index contributed by atoms with van der Waals surface area (Å²) in [6, 6.07) is 0. The van der Waals surface area contributed by atoms with Crippen molar-refractivity contribution in [3.05, 3.63) is 6.92 Å². The first-order valence-electron chi connectivity index (χ1n) is 6.62. The van der Waals surface area contributed by atoms with Gasteiger partial charge >= 0.3 is 0 Å². The Bertz CT molecular complexity index is 74.0. The van der Waals surface area contributed by atoms with Gasteiger partial charge in [0.25, 0.3) is 0 Å². The smallest absolute Gasteiger partial charge is 0.0352 e. The number of unbranched alkanes of at least 4 members (excludes halogenated alkanes) is 11. The molecular weight excluding hydrogens is 168 g/mol. The summed E-state index contributed by atoms with van der Waals surface area (Å²) in [5.41, 5.74) is 0. The fourth-order valence-electron chi connectivity index (χ4n) is 1.81. The molecule has 0 rings (SSSR count). The molecule has 0 saturated heterocycles. The molecule has 0 unspecified atom stereocenters. The first-order valence-corrected chi connectivity index (χ1v) is 6.62. The average Bonchev–Trinajstić information content (AvgIpc) is 2.21. The van der Waals surface area contributed by atoms with Gasteiger partial charge in [-0.25, -0.2) is 0 Å². The van der Waals surface area contributed by atoms with E-state index < -0.39 is 0 Å². The molecule has 0 aliphatic carbocycles. The van der Waals surface area contributed by atoms with Crippen molar-refractivity contribution >= 4 is 0 Å². The van der Waals surface area contributed by atoms with Crippen LogP contribution in [0.5, 0.6) is 0 Å².